The number of carbonyl (C=O) groups excluding carboxylic acids is 1. The van der Waals surface area contributed by atoms with Crippen LogP contribution < -0.4 is 10.5 Å². The quantitative estimate of drug-likeness (QED) is 0.673. The van der Waals surface area contributed by atoms with E-state index in [0.717, 1.165) is 0 Å². The van der Waals surface area contributed by atoms with Gasteiger partial charge in [-0.05, 0) is 24.3 Å². The Kier molecular flexibility index (Phi) is 3.62. The van der Waals surface area contributed by atoms with Crippen LogP contribution in [-0.4, -0.2) is 30.6 Å². The van der Waals surface area contributed by atoms with Gasteiger partial charge in [0.1, 0.15) is 5.75 Å². The SMILES string of the molecule is COc1ccc(C(=O)C(N)CO)cc1. The predicted molar refractivity (Wildman–Crippen MR) is 52.4 cm³/mol. The summed E-state index contributed by atoms with van der Waals surface area (Å²) in [6, 6.07) is 5.76. The van der Waals surface area contributed by atoms with E-state index in [1.165, 1.54) is 0 Å². The normalized spacial score (nSPS) is 12.2. The number of aliphatic hydroxyl groups is 1. The molecule has 0 aliphatic rings. The van der Waals surface area contributed by atoms with Crippen LogP contribution in [0.3, 0.4) is 0 Å². The second kappa shape index (κ2) is 4.74. The Morgan fingerprint density at radius 2 is 2.07 bits per heavy atom. The minimum Gasteiger partial charge on any atom is -0.497 e. The van der Waals surface area contributed by atoms with E-state index in [0.29, 0.717) is 11.3 Å². The second-order valence-corrected chi connectivity index (χ2v) is 2.88. The lowest BCUT2D eigenvalue weighted by molar-refractivity contribution is 0.0925. The highest BCUT2D eigenvalue weighted by atomic mass is 16.5. The predicted octanol–water partition coefficient (Wildman–Crippen LogP) is 0.197. The zero-order valence-corrected chi connectivity index (χ0v) is 7.93. The van der Waals surface area contributed by atoms with Crippen molar-refractivity contribution in [1.82, 2.24) is 0 Å². The molecule has 1 aromatic rings. The van der Waals surface area contributed by atoms with Crippen LogP contribution in [0.25, 0.3) is 0 Å². The summed E-state index contributed by atoms with van der Waals surface area (Å²) in [6.07, 6.45) is 0. The standard InChI is InChI=1S/C10H13NO3/c1-14-8-4-2-7(3-5-8)10(13)9(11)6-12/h2-5,9,12H,6,11H2,1H3. The Bertz CT molecular complexity index is 308. The lowest BCUT2D eigenvalue weighted by atomic mass is 10.1. The third-order valence-corrected chi connectivity index (χ3v) is 1.91. The van der Waals surface area contributed by atoms with Gasteiger partial charge in [-0.15, -0.1) is 0 Å². The molecular formula is C10H13NO3. The van der Waals surface area contributed by atoms with E-state index >= 15 is 0 Å². The van der Waals surface area contributed by atoms with Crippen LogP contribution in [0.2, 0.25) is 0 Å². The number of nitrogens with two attached hydrogens (primary N) is 1. The number of Topliss-reactive ketones (excluding diaryl/α,β-unsaturated/α-hetero) is 1. The molecule has 0 saturated heterocycles. The van der Waals surface area contributed by atoms with Crippen LogP contribution >= 0.6 is 0 Å². The number of hydrogen-bond acceptors (Lipinski definition) is 4. The van der Waals surface area contributed by atoms with E-state index in [9.17, 15) is 4.79 Å². The lowest BCUT2D eigenvalue weighted by Crippen LogP contribution is -2.33. The van der Waals surface area contributed by atoms with Crippen molar-refractivity contribution in [2.24, 2.45) is 5.73 Å². The van der Waals surface area contributed by atoms with Crippen LogP contribution in [0.4, 0.5) is 0 Å². The molecule has 0 aliphatic carbocycles. The van der Waals surface area contributed by atoms with Crippen molar-refractivity contribution >= 4 is 5.78 Å². The molecule has 0 aliphatic heterocycles. The molecule has 0 heterocycles. The van der Waals surface area contributed by atoms with E-state index in [1.54, 1.807) is 31.4 Å². The highest BCUT2D eigenvalue weighted by Crippen LogP contribution is 2.12. The van der Waals surface area contributed by atoms with Crippen molar-refractivity contribution < 1.29 is 14.6 Å². The minimum atomic E-state index is -0.844. The Morgan fingerprint density at radius 1 is 1.50 bits per heavy atom. The highest BCUT2D eigenvalue weighted by Gasteiger charge is 2.13. The van der Waals surface area contributed by atoms with Gasteiger partial charge in [0.05, 0.1) is 19.8 Å². The molecule has 1 rings (SSSR count). The summed E-state index contributed by atoms with van der Waals surface area (Å²) in [6.45, 7) is -0.342. The zero-order valence-electron chi connectivity index (χ0n) is 7.93. The molecular weight excluding hydrogens is 182 g/mol. The maximum atomic E-state index is 11.4. The van der Waals surface area contributed by atoms with Gasteiger partial charge in [0.25, 0.3) is 0 Å². The molecule has 1 atom stereocenters. The van der Waals surface area contributed by atoms with Crippen LogP contribution in [0.1, 0.15) is 10.4 Å². The first-order valence-corrected chi connectivity index (χ1v) is 4.23. The van der Waals surface area contributed by atoms with Gasteiger partial charge in [-0.3, -0.25) is 4.79 Å². The fourth-order valence-corrected chi connectivity index (χ4v) is 1.05. The summed E-state index contributed by atoms with van der Waals surface area (Å²) in [4.78, 5) is 11.4. The number of aliphatic hydroxyl groups excluding tert-OH is 1. The summed E-state index contributed by atoms with van der Waals surface area (Å²) < 4.78 is 4.94. The molecule has 4 nitrogen and oxygen atoms in total. The Labute approximate surface area is 82.3 Å². The monoisotopic (exact) mass is 195 g/mol. The maximum Gasteiger partial charge on any atom is 0.181 e. The molecule has 0 saturated carbocycles. The fraction of sp³-hybridized carbons (Fsp3) is 0.300. The summed E-state index contributed by atoms with van der Waals surface area (Å²) in [5.74, 6) is 0.411. The number of benzene rings is 1. The largest absolute Gasteiger partial charge is 0.497 e. The van der Waals surface area contributed by atoms with Crippen molar-refractivity contribution in [3.8, 4) is 5.75 Å². The number of hydrogen-bond donors (Lipinski definition) is 2. The minimum absolute atomic E-state index is 0.268. The van der Waals surface area contributed by atoms with Crippen LogP contribution in [0, 0.1) is 0 Å². The molecule has 1 unspecified atom stereocenters. The number of rotatable bonds is 4. The first-order valence-electron chi connectivity index (χ1n) is 4.23. The molecule has 0 spiro atoms. The van der Waals surface area contributed by atoms with Crippen LogP contribution in [0.15, 0.2) is 24.3 Å². The van der Waals surface area contributed by atoms with Gasteiger partial charge >= 0.3 is 0 Å². The molecule has 76 valence electrons. The van der Waals surface area contributed by atoms with Crippen molar-refractivity contribution in [2.45, 2.75) is 6.04 Å². The second-order valence-electron chi connectivity index (χ2n) is 2.88. The van der Waals surface area contributed by atoms with Crippen LogP contribution in [0.5, 0.6) is 5.75 Å². The van der Waals surface area contributed by atoms with Gasteiger partial charge in [-0.2, -0.15) is 0 Å². The van der Waals surface area contributed by atoms with E-state index in [1.807, 2.05) is 0 Å². The summed E-state index contributed by atoms with van der Waals surface area (Å²) >= 11 is 0. The summed E-state index contributed by atoms with van der Waals surface area (Å²) in [5.41, 5.74) is 5.87. The van der Waals surface area contributed by atoms with E-state index < -0.39 is 6.04 Å². The van der Waals surface area contributed by atoms with Crippen molar-refractivity contribution in [2.75, 3.05) is 13.7 Å². The molecule has 0 fully saturated rings. The molecule has 0 radical (unpaired) electrons. The molecule has 0 bridgehead atoms. The summed E-state index contributed by atoms with van der Waals surface area (Å²) in [5, 5.41) is 8.70. The van der Waals surface area contributed by atoms with Gasteiger partial charge in [-0.1, -0.05) is 0 Å². The smallest absolute Gasteiger partial charge is 0.181 e. The number of methoxy groups -OCH3 is 1. The first kappa shape index (κ1) is 10.7. The lowest BCUT2D eigenvalue weighted by Gasteiger charge is -2.07. The Balaban J connectivity index is 2.81. The fourth-order valence-electron chi connectivity index (χ4n) is 1.05. The first-order chi connectivity index (χ1) is 6.69. The zero-order chi connectivity index (χ0) is 10.6. The van der Waals surface area contributed by atoms with Gasteiger partial charge in [0.15, 0.2) is 5.78 Å². The Hall–Kier alpha value is -1.39. The number of ketones is 1. The van der Waals surface area contributed by atoms with Crippen LogP contribution in [-0.2, 0) is 0 Å². The van der Waals surface area contributed by atoms with E-state index in [-0.39, 0.29) is 12.4 Å². The molecule has 0 aromatic heterocycles. The van der Waals surface area contributed by atoms with Crippen molar-refractivity contribution in [3.63, 3.8) is 0 Å². The average Bonchev–Trinajstić information content (AvgIpc) is 2.27. The Morgan fingerprint density at radius 3 is 2.50 bits per heavy atom. The number of carbonyl (C=O) groups is 1. The van der Waals surface area contributed by atoms with Gasteiger partial charge in [0, 0.05) is 5.56 Å². The topological polar surface area (TPSA) is 72.5 Å². The van der Waals surface area contributed by atoms with E-state index in [4.69, 9.17) is 15.6 Å². The van der Waals surface area contributed by atoms with Crippen molar-refractivity contribution in [1.29, 1.82) is 0 Å². The van der Waals surface area contributed by atoms with Gasteiger partial charge in [0.2, 0.25) is 0 Å². The molecule has 14 heavy (non-hydrogen) atoms. The molecule has 4 heteroatoms. The average molecular weight is 195 g/mol. The third kappa shape index (κ3) is 2.31. The number of ether oxygens (including phenoxy) is 1. The van der Waals surface area contributed by atoms with E-state index in [2.05, 4.69) is 0 Å². The maximum absolute atomic E-state index is 11.4. The van der Waals surface area contributed by atoms with Crippen molar-refractivity contribution in [3.05, 3.63) is 29.8 Å². The highest BCUT2D eigenvalue weighted by molar-refractivity contribution is 6.00. The van der Waals surface area contributed by atoms with Gasteiger partial charge < -0.3 is 15.6 Å². The molecule has 1 aromatic carbocycles. The molecule has 0 amide bonds. The third-order valence-electron chi connectivity index (χ3n) is 1.91. The van der Waals surface area contributed by atoms with Gasteiger partial charge in [-0.25, -0.2) is 0 Å². The summed E-state index contributed by atoms with van der Waals surface area (Å²) in [7, 11) is 1.55. The molecule has 3 N–H and O–H groups in total.